The van der Waals surface area contributed by atoms with E-state index in [9.17, 15) is 10.1 Å². The molecule has 2 unspecified atom stereocenters. The van der Waals surface area contributed by atoms with Gasteiger partial charge in [0.15, 0.2) is 0 Å². The lowest BCUT2D eigenvalue weighted by atomic mass is 9.91. The molecule has 3 rings (SSSR count). The molecule has 20 heavy (non-hydrogen) atoms. The Morgan fingerprint density at radius 3 is 3.10 bits per heavy atom. The molecule has 108 valence electrons. The van der Waals surface area contributed by atoms with E-state index < -0.39 is 0 Å². The van der Waals surface area contributed by atoms with Gasteiger partial charge in [0, 0.05) is 35.2 Å². The van der Waals surface area contributed by atoms with E-state index in [0.29, 0.717) is 18.5 Å². The third-order valence-corrected chi connectivity index (χ3v) is 4.90. The van der Waals surface area contributed by atoms with Gasteiger partial charge >= 0.3 is 0 Å². The Morgan fingerprint density at radius 2 is 2.30 bits per heavy atom. The number of benzene rings is 1. The van der Waals surface area contributed by atoms with Crippen molar-refractivity contribution in [3.8, 4) is 0 Å². The minimum absolute atomic E-state index is 0.215. The lowest BCUT2D eigenvalue weighted by Gasteiger charge is -2.36. The van der Waals surface area contributed by atoms with Crippen LogP contribution in [-0.4, -0.2) is 35.5 Å². The zero-order valence-electron chi connectivity index (χ0n) is 11.2. The molecule has 0 radical (unpaired) electrons. The van der Waals surface area contributed by atoms with Crippen molar-refractivity contribution in [1.29, 1.82) is 0 Å². The third-order valence-electron chi connectivity index (χ3n) is 4.41. The predicted molar refractivity (Wildman–Crippen MR) is 80.6 cm³/mol. The van der Waals surface area contributed by atoms with Crippen LogP contribution in [0.5, 0.6) is 0 Å². The van der Waals surface area contributed by atoms with Gasteiger partial charge in [0.05, 0.1) is 4.92 Å². The first kappa shape index (κ1) is 14.0. The highest BCUT2D eigenvalue weighted by molar-refractivity contribution is 9.10. The van der Waals surface area contributed by atoms with Gasteiger partial charge in [-0.1, -0.05) is 15.9 Å². The molecule has 0 bridgehead atoms. The van der Waals surface area contributed by atoms with Crippen LogP contribution >= 0.6 is 15.9 Å². The lowest BCUT2D eigenvalue weighted by Crippen LogP contribution is -2.44. The number of nitro groups is 1. The fourth-order valence-corrected chi connectivity index (χ4v) is 3.77. The number of likely N-dealkylation sites (tertiary alicyclic amines) is 1. The van der Waals surface area contributed by atoms with Crippen LogP contribution in [0.15, 0.2) is 22.7 Å². The summed E-state index contributed by atoms with van der Waals surface area (Å²) in [5.41, 5.74) is 1.03. The van der Waals surface area contributed by atoms with Crippen LogP contribution in [0, 0.1) is 16.0 Å². The molecular formula is C14H18BrN3O2. The second-order valence-electron chi connectivity index (χ2n) is 5.63. The molecule has 1 aromatic rings. The normalized spacial score (nSPS) is 26.4. The van der Waals surface area contributed by atoms with E-state index in [4.69, 9.17) is 0 Å². The number of fused-ring (bicyclic) bond motifs is 1. The van der Waals surface area contributed by atoms with Gasteiger partial charge in [-0.15, -0.1) is 0 Å². The zero-order valence-corrected chi connectivity index (χ0v) is 12.8. The summed E-state index contributed by atoms with van der Waals surface area (Å²) >= 11 is 3.31. The van der Waals surface area contributed by atoms with Crippen molar-refractivity contribution in [2.24, 2.45) is 5.92 Å². The topological polar surface area (TPSA) is 58.4 Å². The first-order chi connectivity index (χ1) is 9.65. The Hall–Kier alpha value is -0.980. The standard InChI is InChI=1S/C14H18BrN3O2/c15-12-4-3-11(13(6-12)18(19)20)9-17-5-1-2-10-7-16-8-14(10)17/h3-4,6,10,14,16H,1-2,5,7-9H2. The summed E-state index contributed by atoms with van der Waals surface area (Å²) in [6.45, 7) is 3.81. The fourth-order valence-electron chi connectivity index (χ4n) is 3.42. The van der Waals surface area contributed by atoms with Crippen LogP contribution in [0.25, 0.3) is 0 Å². The van der Waals surface area contributed by atoms with E-state index in [2.05, 4.69) is 26.1 Å². The molecule has 1 aromatic carbocycles. The molecule has 0 aromatic heterocycles. The Balaban J connectivity index is 1.82. The number of hydrogen-bond donors (Lipinski definition) is 1. The molecule has 2 aliphatic rings. The Morgan fingerprint density at radius 1 is 1.45 bits per heavy atom. The van der Waals surface area contributed by atoms with E-state index in [1.165, 1.54) is 12.8 Å². The Bertz CT molecular complexity index is 523. The summed E-state index contributed by atoms with van der Waals surface area (Å²) in [4.78, 5) is 13.3. The van der Waals surface area contributed by atoms with E-state index in [1.54, 1.807) is 6.07 Å². The second-order valence-corrected chi connectivity index (χ2v) is 6.54. The Labute approximate surface area is 126 Å². The average molecular weight is 340 g/mol. The van der Waals surface area contributed by atoms with Gasteiger partial charge in [0.25, 0.3) is 5.69 Å². The van der Waals surface area contributed by atoms with Gasteiger partial charge < -0.3 is 5.32 Å². The summed E-state index contributed by atoms with van der Waals surface area (Å²) in [5, 5.41) is 14.6. The van der Waals surface area contributed by atoms with E-state index >= 15 is 0 Å². The number of halogens is 1. The average Bonchev–Trinajstić information content (AvgIpc) is 2.90. The number of nitrogens with one attached hydrogen (secondary N) is 1. The van der Waals surface area contributed by atoms with Crippen LogP contribution in [0.3, 0.4) is 0 Å². The molecule has 2 fully saturated rings. The van der Waals surface area contributed by atoms with Crippen LogP contribution in [0.1, 0.15) is 18.4 Å². The van der Waals surface area contributed by atoms with Gasteiger partial charge in [-0.3, -0.25) is 15.0 Å². The zero-order chi connectivity index (χ0) is 14.1. The first-order valence-electron chi connectivity index (χ1n) is 7.03. The van der Waals surface area contributed by atoms with Crippen LogP contribution in [-0.2, 0) is 6.54 Å². The molecule has 0 amide bonds. The van der Waals surface area contributed by atoms with Gasteiger partial charge in [-0.25, -0.2) is 0 Å². The van der Waals surface area contributed by atoms with E-state index in [0.717, 1.165) is 29.7 Å². The van der Waals surface area contributed by atoms with Crippen LogP contribution < -0.4 is 5.32 Å². The number of nitrogens with zero attached hydrogens (tertiary/aromatic N) is 2. The summed E-state index contributed by atoms with van der Waals surface area (Å²) in [6.07, 6.45) is 2.46. The smallest absolute Gasteiger partial charge is 0.275 e. The van der Waals surface area contributed by atoms with Gasteiger partial charge in [0.1, 0.15) is 0 Å². The molecule has 2 atom stereocenters. The van der Waals surface area contributed by atoms with Gasteiger partial charge in [-0.2, -0.15) is 0 Å². The highest BCUT2D eigenvalue weighted by atomic mass is 79.9. The second kappa shape index (κ2) is 5.79. The summed E-state index contributed by atoms with van der Waals surface area (Å²) in [5.74, 6) is 0.707. The molecule has 2 saturated heterocycles. The van der Waals surface area contributed by atoms with E-state index in [-0.39, 0.29) is 10.6 Å². The molecule has 0 aliphatic carbocycles. The number of rotatable bonds is 3. The molecule has 0 saturated carbocycles. The number of piperidine rings is 1. The van der Waals surface area contributed by atoms with Crippen molar-refractivity contribution in [2.45, 2.75) is 25.4 Å². The molecule has 2 aliphatic heterocycles. The molecular weight excluding hydrogens is 322 g/mol. The molecule has 2 heterocycles. The van der Waals surface area contributed by atoms with Crippen molar-refractivity contribution in [2.75, 3.05) is 19.6 Å². The first-order valence-corrected chi connectivity index (χ1v) is 7.82. The number of nitro benzene ring substituents is 1. The third kappa shape index (κ3) is 2.73. The minimum Gasteiger partial charge on any atom is -0.315 e. The van der Waals surface area contributed by atoms with Crippen molar-refractivity contribution in [1.82, 2.24) is 10.2 Å². The predicted octanol–water partition coefficient (Wildman–Crippen LogP) is 2.54. The summed E-state index contributed by atoms with van der Waals surface area (Å²) < 4.78 is 0.756. The van der Waals surface area contributed by atoms with Crippen molar-refractivity contribution in [3.63, 3.8) is 0 Å². The summed E-state index contributed by atoms with van der Waals surface area (Å²) in [6, 6.07) is 5.89. The molecule has 0 spiro atoms. The van der Waals surface area contributed by atoms with Gasteiger partial charge in [0.2, 0.25) is 0 Å². The molecule has 1 N–H and O–H groups in total. The molecule has 6 heteroatoms. The largest absolute Gasteiger partial charge is 0.315 e. The van der Waals surface area contributed by atoms with Crippen molar-refractivity contribution < 1.29 is 4.92 Å². The number of hydrogen-bond acceptors (Lipinski definition) is 4. The SMILES string of the molecule is O=[N+]([O-])c1cc(Br)ccc1CN1CCCC2CNCC21. The van der Waals surface area contributed by atoms with E-state index in [1.807, 2.05) is 12.1 Å². The van der Waals surface area contributed by atoms with Crippen LogP contribution in [0.4, 0.5) is 5.69 Å². The maximum Gasteiger partial charge on any atom is 0.275 e. The summed E-state index contributed by atoms with van der Waals surface area (Å²) in [7, 11) is 0. The quantitative estimate of drug-likeness (QED) is 0.679. The monoisotopic (exact) mass is 339 g/mol. The minimum atomic E-state index is -0.283. The van der Waals surface area contributed by atoms with Crippen LogP contribution in [0.2, 0.25) is 0 Å². The maximum atomic E-state index is 11.2. The molecule has 5 nitrogen and oxygen atoms in total. The van der Waals surface area contributed by atoms with Crippen molar-refractivity contribution in [3.05, 3.63) is 38.3 Å². The highest BCUT2D eigenvalue weighted by Gasteiger charge is 2.35. The fraction of sp³-hybridized carbons (Fsp3) is 0.571. The Kier molecular flexibility index (Phi) is 4.05. The van der Waals surface area contributed by atoms with Crippen molar-refractivity contribution >= 4 is 21.6 Å². The lowest BCUT2D eigenvalue weighted by molar-refractivity contribution is -0.385. The highest BCUT2D eigenvalue weighted by Crippen LogP contribution is 2.30. The maximum absolute atomic E-state index is 11.2. The van der Waals surface area contributed by atoms with Gasteiger partial charge in [-0.05, 0) is 44.0 Å².